The third-order valence-electron chi connectivity index (χ3n) is 5.80. The van der Waals surface area contributed by atoms with Crippen molar-refractivity contribution in [3.05, 3.63) is 77.8 Å². The average Bonchev–Trinajstić information content (AvgIpc) is 2.86. The fraction of sp³-hybridized carbons (Fsp3) is 0.269. The summed E-state index contributed by atoms with van der Waals surface area (Å²) in [7, 11) is 1.48. The molecule has 0 bridgehead atoms. The summed E-state index contributed by atoms with van der Waals surface area (Å²) >= 11 is 0. The molecular formula is C26H29FN6OS. The van der Waals surface area contributed by atoms with Gasteiger partial charge in [0.05, 0.1) is 23.0 Å². The van der Waals surface area contributed by atoms with E-state index in [4.69, 9.17) is 0 Å². The molecule has 1 atom stereocenters. The highest BCUT2D eigenvalue weighted by Crippen LogP contribution is 2.28. The minimum atomic E-state index is -0.640. The summed E-state index contributed by atoms with van der Waals surface area (Å²) in [5.41, 5.74) is 4.27. The smallest absolute Gasteiger partial charge is 0.254 e. The summed E-state index contributed by atoms with van der Waals surface area (Å²) in [6.45, 7) is 6.83. The maximum atomic E-state index is 14.3. The summed E-state index contributed by atoms with van der Waals surface area (Å²) < 4.78 is 14.3. The number of aromatic nitrogens is 4. The number of halogens is 1. The lowest BCUT2D eigenvalue weighted by Gasteiger charge is -2.17. The Balaban J connectivity index is 0.00000342. The van der Waals surface area contributed by atoms with Crippen LogP contribution in [0.2, 0.25) is 0 Å². The van der Waals surface area contributed by atoms with Gasteiger partial charge in [-0.05, 0) is 23.6 Å². The number of pyridine rings is 2. The van der Waals surface area contributed by atoms with E-state index in [2.05, 4.69) is 44.4 Å². The van der Waals surface area contributed by atoms with Gasteiger partial charge in [0.25, 0.3) is 5.91 Å². The van der Waals surface area contributed by atoms with Crippen LogP contribution in [0.25, 0.3) is 22.2 Å². The molecule has 182 valence electrons. The van der Waals surface area contributed by atoms with Crippen molar-refractivity contribution in [3.8, 4) is 11.3 Å². The quantitative estimate of drug-likeness (QED) is 0.376. The molecule has 7 nitrogen and oxygen atoms in total. The predicted octanol–water partition coefficient (Wildman–Crippen LogP) is 5.04. The number of nitrogens with one attached hydrogen (secondary N) is 2. The van der Waals surface area contributed by atoms with Gasteiger partial charge in [0.2, 0.25) is 0 Å². The lowest BCUT2D eigenvalue weighted by Crippen LogP contribution is -2.20. The summed E-state index contributed by atoms with van der Waals surface area (Å²) in [6.07, 6.45) is 4.46. The second kappa shape index (κ2) is 11.2. The molecule has 0 saturated heterocycles. The summed E-state index contributed by atoms with van der Waals surface area (Å²) in [6, 6.07) is 11.4. The van der Waals surface area contributed by atoms with Crippen LogP contribution < -0.4 is 10.6 Å². The first kappa shape index (κ1) is 26.0. The minimum Gasteiger partial charge on any atom is -0.369 e. The van der Waals surface area contributed by atoms with Gasteiger partial charge < -0.3 is 10.6 Å². The van der Waals surface area contributed by atoms with Gasteiger partial charge in [-0.25, -0.2) is 14.4 Å². The van der Waals surface area contributed by atoms with Crippen LogP contribution in [0.5, 0.6) is 0 Å². The van der Waals surface area contributed by atoms with E-state index in [-0.39, 0.29) is 25.0 Å². The van der Waals surface area contributed by atoms with Crippen molar-refractivity contribution in [1.82, 2.24) is 25.3 Å². The molecule has 4 rings (SSSR count). The van der Waals surface area contributed by atoms with Crippen LogP contribution in [0.15, 0.2) is 55.1 Å². The van der Waals surface area contributed by atoms with Crippen LogP contribution in [-0.2, 0) is 0 Å². The molecule has 0 spiro atoms. The maximum absolute atomic E-state index is 14.3. The Bertz CT molecular complexity index is 1330. The highest BCUT2D eigenvalue weighted by Gasteiger charge is 2.19. The van der Waals surface area contributed by atoms with Gasteiger partial charge in [-0.1, -0.05) is 39.0 Å². The van der Waals surface area contributed by atoms with Gasteiger partial charge in [-0.3, -0.25) is 14.8 Å². The Morgan fingerprint density at radius 2 is 1.83 bits per heavy atom. The number of anilines is 1. The lowest BCUT2D eigenvalue weighted by molar-refractivity contribution is 0.0960. The SMILES string of the molecule is CNC(=O)c1c(F)cnc2c([C@H](C)CNc3cc(-c4ccc(C(C)C)nc4)ncn3)cccc12.S. The number of benzene rings is 1. The molecule has 0 radical (unpaired) electrons. The maximum Gasteiger partial charge on any atom is 0.254 e. The summed E-state index contributed by atoms with van der Waals surface area (Å²) in [5.74, 6) is -0.0400. The van der Waals surface area contributed by atoms with Crippen LogP contribution in [0, 0.1) is 5.82 Å². The first-order chi connectivity index (χ1) is 16.4. The number of fused-ring (bicyclic) bond motifs is 1. The van der Waals surface area contributed by atoms with Gasteiger partial charge in [0.1, 0.15) is 12.1 Å². The Morgan fingerprint density at radius 3 is 2.51 bits per heavy atom. The standard InChI is InChI=1S/C26H27FN6O.H2S/c1-15(2)21-9-8-17(12-29-21)22-10-23(33-14-32-22)30-11-16(3)18-6-5-7-19-24(26(34)28-4)20(27)13-31-25(18)19;/h5-10,12-16H,11H2,1-4H3,(H,28,34)(H,30,32,33);1H2/t16-;/m1./s1. The van der Waals surface area contributed by atoms with E-state index in [0.717, 1.165) is 28.7 Å². The number of carbonyl (C=O) groups is 1. The zero-order valence-corrected chi connectivity index (χ0v) is 21.1. The number of nitrogens with zero attached hydrogens (tertiary/aromatic N) is 4. The summed E-state index contributed by atoms with van der Waals surface area (Å²) in [5, 5.41) is 6.34. The van der Waals surface area contributed by atoms with E-state index < -0.39 is 11.7 Å². The molecule has 4 aromatic rings. The topological polar surface area (TPSA) is 92.7 Å². The Morgan fingerprint density at radius 1 is 1.03 bits per heavy atom. The van der Waals surface area contributed by atoms with Crippen molar-refractivity contribution in [2.45, 2.75) is 32.6 Å². The normalized spacial score (nSPS) is 11.7. The zero-order chi connectivity index (χ0) is 24.2. The molecule has 9 heteroatoms. The van der Waals surface area contributed by atoms with Crippen molar-refractivity contribution in [3.63, 3.8) is 0 Å². The molecule has 3 aromatic heterocycles. The average molecular weight is 493 g/mol. The molecular weight excluding hydrogens is 463 g/mol. The Hall–Kier alpha value is -3.59. The number of para-hydroxylation sites is 1. The van der Waals surface area contributed by atoms with Gasteiger partial charge in [-0.15, -0.1) is 0 Å². The number of rotatable bonds is 7. The molecule has 0 aliphatic rings. The van der Waals surface area contributed by atoms with Crippen LogP contribution in [0.1, 0.15) is 54.2 Å². The number of amides is 1. The molecule has 35 heavy (non-hydrogen) atoms. The second-order valence-electron chi connectivity index (χ2n) is 8.50. The van der Waals surface area contributed by atoms with Crippen molar-refractivity contribution in [2.75, 3.05) is 18.9 Å². The molecule has 0 aliphatic heterocycles. The predicted molar refractivity (Wildman–Crippen MR) is 142 cm³/mol. The lowest BCUT2D eigenvalue weighted by atomic mass is 9.96. The Labute approximate surface area is 211 Å². The third kappa shape index (κ3) is 5.57. The minimum absolute atomic E-state index is 0. The third-order valence-corrected chi connectivity index (χ3v) is 5.80. The van der Waals surface area contributed by atoms with E-state index in [1.54, 1.807) is 6.07 Å². The van der Waals surface area contributed by atoms with Crippen molar-refractivity contribution < 1.29 is 9.18 Å². The van der Waals surface area contributed by atoms with Gasteiger partial charge in [-0.2, -0.15) is 13.5 Å². The molecule has 1 aromatic carbocycles. The molecule has 0 fully saturated rings. The van der Waals surface area contributed by atoms with E-state index >= 15 is 0 Å². The molecule has 1 amide bonds. The van der Waals surface area contributed by atoms with Crippen LogP contribution >= 0.6 is 13.5 Å². The van der Waals surface area contributed by atoms with Crippen molar-refractivity contribution >= 4 is 36.1 Å². The van der Waals surface area contributed by atoms with Crippen molar-refractivity contribution in [1.29, 1.82) is 0 Å². The van der Waals surface area contributed by atoms with E-state index in [9.17, 15) is 9.18 Å². The largest absolute Gasteiger partial charge is 0.369 e. The van der Waals surface area contributed by atoms with Crippen LogP contribution in [0.4, 0.5) is 10.2 Å². The number of hydrogen-bond donors (Lipinski definition) is 2. The molecule has 3 heterocycles. The fourth-order valence-electron chi connectivity index (χ4n) is 3.85. The van der Waals surface area contributed by atoms with Crippen LogP contribution in [-0.4, -0.2) is 39.4 Å². The van der Waals surface area contributed by atoms with Gasteiger partial charge in [0.15, 0.2) is 5.82 Å². The van der Waals surface area contributed by atoms with Gasteiger partial charge >= 0.3 is 0 Å². The zero-order valence-electron chi connectivity index (χ0n) is 20.1. The van der Waals surface area contributed by atoms with E-state index in [1.165, 1.54) is 13.4 Å². The molecule has 0 unspecified atom stereocenters. The van der Waals surface area contributed by atoms with E-state index in [1.807, 2.05) is 43.5 Å². The van der Waals surface area contributed by atoms with Crippen molar-refractivity contribution in [2.24, 2.45) is 0 Å². The number of hydrogen-bond acceptors (Lipinski definition) is 6. The van der Waals surface area contributed by atoms with Gasteiger partial charge in [0, 0.05) is 48.4 Å². The first-order valence-corrected chi connectivity index (χ1v) is 11.2. The highest BCUT2D eigenvalue weighted by molar-refractivity contribution is 7.59. The first-order valence-electron chi connectivity index (χ1n) is 11.2. The second-order valence-corrected chi connectivity index (χ2v) is 8.50. The molecule has 0 saturated carbocycles. The number of carbonyl (C=O) groups excluding carboxylic acids is 1. The van der Waals surface area contributed by atoms with Crippen LogP contribution in [0.3, 0.4) is 0 Å². The monoisotopic (exact) mass is 492 g/mol. The summed E-state index contributed by atoms with van der Waals surface area (Å²) in [4.78, 5) is 29.8. The fourth-order valence-corrected chi connectivity index (χ4v) is 3.85. The Kier molecular flexibility index (Phi) is 8.34. The molecule has 0 aliphatic carbocycles. The van der Waals surface area contributed by atoms with E-state index in [0.29, 0.717) is 29.2 Å². The highest BCUT2D eigenvalue weighted by atomic mass is 32.1. The molecule has 2 N–H and O–H groups in total.